The summed E-state index contributed by atoms with van der Waals surface area (Å²) in [6.07, 6.45) is 2.13. The zero-order chi connectivity index (χ0) is 22.4. The molecule has 0 aromatic heterocycles. The van der Waals surface area contributed by atoms with Gasteiger partial charge in [-0.2, -0.15) is 0 Å². The summed E-state index contributed by atoms with van der Waals surface area (Å²) < 4.78 is 4.99. The Morgan fingerprint density at radius 2 is 1.87 bits per heavy atom. The summed E-state index contributed by atoms with van der Waals surface area (Å²) in [5.41, 5.74) is 2.25. The van der Waals surface area contributed by atoms with Crippen LogP contribution < -0.4 is 15.5 Å². The van der Waals surface area contributed by atoms with Crippen LogP contribution in [0.5, 0.6) is 0 Å². The van der Waals surface area contributed by atoms with E-state index in [1.165, 1.54) is 18.2 Å². The number of carbonyl (C=O) groups excluding carboxylic acids is 2. The number of benzene rings is 2. The Labute approximate surface area is 180 Å². The predicted molar refractivity (Wildman–Crippen MR) is 118 cm³/mol. The maximum absolute atomic E-state index is 12.8. The summed E-state index contributed by atoms with van der Waals surface area (Å²) in [5, 5.41) is 16.7. The number of nitrogens with zero attached hydrogens (tertiary/aromatic N) is 2. The summed E-state index contributed by atoms with van der Waals surface area (Å²) in [4.78, 5) is 38.3. The van der Waals surface area contributed by atoms with E-state index in [4.69, 9.17) is 4.74 Å². The summed E-state index contributed by atoms with van der Waals surface area (Å²) >= 11 is 0. The van der Waals surface area contributed by atoms with Crippen molar-refractivity contribution in [2.45, 2.75) is 19.8 Å². The van der Waals surface area contributed by atoms with Gasteiger partial charge in [0.1, 0.15) is 0 Å². The molecule has 9 heteroatoms. The molecule has 0 saturated carbocycles. The van der Waals surface area contributed by atoms with Crippen molar-refractivity contribution >= 4 is 28.9 Å². The SMILES string of the molecule is COCCNC(=O)c1cc(NC(=O)c2ccc(C)c([N+](=O)[O-])c2)ccc1N1CCCC1. The number of nitro benzene ring substituents is 1. The molecule has 31 heavy (non-hydrogen) atoms. The molecule has 164 valence electrons. The largest absolute Gasteiger partial charge is 0.383 e. The highest BCUT2D eigenvalue weighted by atomic mass is 16.6. The number of nitrogens with one attached hydrogen (secondary N) is 2. The van der Waals surface area contributed by atoms with Crippen molar-refractivity contribution in [2.75, 3.05) is 43.6 Å². The number of rotatable bonds is 8. The van der Waals surface area contributed by atoms with E-state index in [-0.39, 0.29) is 17.2 Å². The van der Waals surface area contributed by atoms with E-state index < -0.39 is 10.8 Å². The minimum Gasteiger partial charge on any atom is -0.383 e. The normalized spacial score (nSPS) is 13.2. The molecular weight excluding hydrogens is 400 g/mol. The number of hydrogen-bond acceptors (Lipinski definition) is 6. The third kappa shape index (κ3) is 5.37. The topological polar surface area (TPSA) is 114 Å². The number of hydrogen-bond donors (Lipinski definition) is 2. The Hall–Kier alpha value is -3.46. The molecule has 1 aliphatic heterocycles. The quantitative estimate of drug-likeness (QED) is 0.381. The van der Waals surface area contributed by atoms with Crippen LogP contribution in [0.1, 0.15) is 39.1 Å². The minimum absolute atomic E-state index is 0.116. The van der Waals surface area contributed by atoms with Crippen LogP contribution in [0.3, 0.4) is 0 Å². The molecule has 0 aliphatic carbocycles. The van der Waals surface area contributed by atoms with Gasteiger partial charge in [0, 0.05) is 55.3 Å². The van der Waals surface area contributed by atoms with Crippen molar-refractivity contribution in [3.8, 4) is 0 Å². The van der Waals surface area contributed by atoms with Crippen molar-refractivity contribution in [1.82, 2.24) is 5.32 Å². The Balaban J connectivity index is 1.85. The average molecular weight is 426 g/mol. The number of ether oxygens (including phenoxy) is 1. The van der Waals surface area contributed by atoms with E-state index in [0.29, 0.717) is 30.0 Å². The first kappa shape index (κ1) is 22.2. The van der Waals surface area contributed by atoms with Gasteiger partial charge in [0.05, 0.1) is 17.1 Å². The predicted octanol–water partition coefficient (Wildman–Crippen LogP) is 3.13. The molecule has 1 saturated heterocycles. The number of aryl methyl sites for hydroxylation is 1. The molecule has 3 rings (SSSR count). The van der Waals surface area contributed by atoms with Crippen molar-refractivity contribution in [1.29, 1.82) is 0 Å². The number of nitro groups is 1. The van der Waals surface area contributed by atoms with Gasteiger partial charge in [-0.1, -0.05) is 6.07 Å². The lowest BCUT2D eigenvalue weighted by Crippen LogP contribution is -2.30. The smallest absolute Gasteiger partial charge is 0.273 e. The second kappa shape index (κ2) is 10.0. The van der Waals surface area contributed by atoms with Gasteiger partial charge in [0.25, 0.3) is 17.5 Å². The van der Waals surface area contributed by atoms with Crippen LogP contribution in [0.15, 0.2) is 36.4 Å². The fourth-order valence-corrected chi connectivity index (χ4v) is 3.54. The second-order valence-electron chi connectivity index (χ2n) is 7.39. The van der Waals surface area contributed by atoms with Gasteiger partial charge >= 0.3 is 0 Å². The third-order valence-corrected chi connectivity index (χ3v) is 5.21. The van der Waals surface area contributed by atoms with Gasteiger partial charge in [-0.25, -0.2) is 0 Å². The van der Waals surface area contributed by atoms with Crippen molar-refractivity contribution in [3.05, 3.63) is 63.2 Å². The van der Waals surface area contributed by atoms with Gasteiger partial charge in [-0.05, 0) is 44.0 Å². The molecule has 1 heterocycles. The molecule has 0 radical (unpaired) electrons. The lowest BCUT2D eigenvalue weighted by atomic mass is 10.1. The molecule has 1 aliphatic rings. The molecular formula is C22H26N4O5. The van der Waals surface area contributed by atoms with Crippen LogP contribution in [0.2, 0.25) is 0 Å². The summed E-state index contributed by atoms with van der Waals surface area (Å²) in [7, 11) is 1.56. The Morgan fingerprint density at radius 3 is 2.55 bits per heavy atom. The Kier molecular flexibility index (Phi) is 7.19. The van der Waals surface area contributed by atoms with Crippen molar-refractivity contribution in [3.63, 3.8) is 0 Å². The van der Waals surface area contributed by atoms with Crippen molar-refractivity contribution in [2.24, 2.45) is 0 Å². The molecule has 2 amide bonds. The first-order chi connectivity index (χ1) is 14.9. The lowest BCUT2D eigenvalue weighted by Gasteiger charge is -2.22. The van der Waals surface area contributed by atoms with E-state index in [1.807, 2.05) is 6.07 Å². The minimum atomic E-state index is -0.514. The summed E-state index contributed by atoms with van der Waals surface area (Å²) in [6.45, 7) is 4.13. The second-order valence-corrected chi connectivity index (χ2v) is 7.39. The zero-order valence-electron chi connectivity index (χ0n) is 17.6. The van der Waals surface area contributed by atoms with Crippen LogP contribution in [-0.2, 0) is 4.74 Å². The number of anilines is 2. The molecule has 0 atom stereocenters. The third-order valence-electron chi connectivity index (χ3n) is 5.21. The standard InChI is InChI=1S/C22H26N4O5/c1-15-5-6-16(13-20(15)26(29)30)21(27)24-17-7-8-19(25-10-3-4-11-25)18(14-17)22(28)23-9-12-31-2/h5-8,13-14H,3-4,9-12H2,1-2H3,(H,23,28)(H,24,27). The fourth-order valence-electron chi connectivity index (χ4n) is 3.54. The fraction of sp³-hybridized carbons (Fsp3) is 0.364. The monoisotopic (exact) mass is 426 g/mol. The van der Waals surface area contributed by atoms with E-state index in [1.54, 1.807) is 26.2 Å². The van der Waals surface area contributed by atoms with E-state index in [2.05, 4.69) is 15.5 Å². The van der Waals surface area contributed by atoms with Crippen LogP contribution in [0, 0.1) is 17.0 Å². The van der Waals surface area contributed by atoms with Gasteiger partial charge in [-0.15, -0.1) is 0 Å². The Bertz CT molecular complexity index is 986. The summed E-state index contributed by atoms with van der Waals surface area (Å²) in [6, 6.07) is 9.52. The lowest BCUT2D eigenvalue weighted by molar-refractivity contribution is -0.385. The molecule has 2 aromatic rings. The molecule has 0 bridgehead atoms. The van der Waals surface area contributed by atoms with Gasteiger partial charge in [0.2, 0.25) is 0 Å². The molecule has 0 unspecified atom stereocenters. The van der Waals surface area contributed by atoms with Gasteiger partial charge in [0.15, 0.2) is 0 Å². The average Bonchev–Trinajstić information content (AvgIpc) is 3.28. The van der Waals surface area contributed by atoms with Gasteiger partial charge < -0.3 is 20.3 Å². The number of methoxy groups -OCH3 is 1. The van der Waals surface area contributed by atoms with Crippen molar-refractivity contribution < 1.29 is 19.2 Å². The highest BCUT2D eigenvalue weighted by Crippen LogP contribution is 2.28. The van der Waals surface area contributed by atoms with Crippen LogP contribution in [0.25, 0.3) is 0 Å². The highest BCUT2D eigenvalue weighted by Gasteiger charge is 2.21. The highest BCUT2D eigenvalue weighted by molar-refractivity contribution is 6.06. The molecule has 2 N–H and O–H groups in total. The van der Waals surface area contributed by atoms with E-state index in [9.17, 15) is 19.7 Å². The number of amides is 2. The van der Waals surface area contributed by atoms with Crippen LogP contribution in [-0.4, -0.2) is 50.1 Å². The Morgan fingerprint density at radius 1 is 1.13 bits per heavy atom. The van der Waals surface area contributed by atoms with Crippen LogP contribution in [0.4, 0.5) is 17.1 Å². The molecule has 9 nitrogen and oxygen atoms in total. The van der Waals surface area contributed by atoms with Gasteiger partial charge in [-0.3, -0.25) is 19.7 Å². The number of carbonyl (C=O) groups is 2. The van der Waals surface area contributed by atoms with E-state index >= 15 is 0 Å². The summed E-state index contributed by atoms with van der Waals surface area (Å²) in [5.74, 6) is -0.733. The maximum atomic E-state index is 12.8. The first-order valence-corrected chi connectivity index (χ1v) is 10.1. The van der Waals surface area contributed by atoms with Crippen LogP contribution >= 0.6 is 0 Å². The molecule has 1 fully saturated rings. The maximum Gasteiger partial charge on any atom is 0.273 e. The molecule has 0 spiro atoms. The first-order valence-electron chi connectivity index (χ1n) is 10.1. The molecule has 2 aromatic carbocycles. The zero-order valence-corrected chi connectivity index (χ0v) is 17.6. The van der Waals surface area contributed by atoms with E-state index in [0.717, 1.165) is 31.6 Å².